The zero-order valence-electron chi connectivity index (χ0n) is 17.8. The van der Waals surface area contributed by atoms with E-state index in [0.717, 1.165) is 30.9 Å². The summed E-state index contributed by atoms with van der Waals surface area (Å²) in [4.78, 5) is 28.6. The van der Waals surface area contributed by atoms with Crippen LogP contribution in [0.15, 0.2) is 52.6 Å². The fraction of sp³-hybridized carbons (Fsp3) is 0.391. The molecular formula is C23H27N3O5. The Morgan fingerprint density at radius 1 is 1.19 bits per heavy atom. The van der Waals surface area contributed by atoms with Gasteiger partial charge in [-0.3, -0.25) is 9.69 Å². The summed E-state index contributed by atoms with van der Waals surface area (Å²) < 4.78 is 17.9. The maximum absolute atomic E-state index is 13.7. The van der Waals surface area contributed by atoms with Crippen molar-refractivity contribution in [2.24, 2.45) is 5.73 Å². The fourth-order valence-electron chi connectivity index (χ4n) is 4.22. The Hall–Kier alpha value is -3.10. The number of carbonyl (C=O) groups excluding carboxylic acids is 1. The standard InChI is InChI=1S/C23H27N3O5/c1-15-14-17-19(22(27)26(15)9-8-25-10-12-30-13-11-25)18(16-6-4-3-5-7-16)20(21(24)31-17)23(28)29-2/h3-7,14,18H,8-13,24H2,1-2H3. The van der Waals surface area contributed by atoms with E-state index in [-0.39, 0.29) is 17.0 Å². The van der Waals surface area contributed by atoms with Crippen LogP contribution in [-0.2, 0) is 20.8 Å². The van der Waals surface area contributed by atoms with E-state index < -0.39 is 11.9 Å². The number of hydrogen-bond acceptors (Lipinski definition) is 7. The SMILES string of the molecule is COC(=O)C1=C(N)Oc2cc(C)n(CCN3CCOCC3)c(=O)c2C1c1ccccc1. The summed E-state index contributed by atoms with van der Waals surface area (Å²) in [5.41, 5.74) is 8.02. The van der Waals surface area contributed by atoms with Crippen LogP contribution in [0.3, 0.4) is 0 Å². The molecular weight excluding hydrogens is 398 g/mol. The minimum Gasteiger partial charge on any atom is -0.465 e. The van der Waals surface area contributed by atoms with Crippen LogP contribution in [0.2, 0.25) is 0 Å². The highest BCUT2D eigenvalue weighted by Gasteiger charge is 2.38. The lowest BCUT2D eigenvalue weighted by Gasteiger charge is -2.30. The Balaban J connectivity index is 1.79. The van der Waals surface area contributed by atoms with Gasteiger partial charge in [-0.2, -0.15) is 0 Å². The summed E-state index contributed by atoms with van der Waals surface area (Å²) in [6.07, 6.45) is 0. The molecule has 0 spiro atoms. The Bertz CT molecular complexity index is 1050. The molecule has 2 N–H and O–H groups in total. The second-order valence-corrected chi connectivity index (χ2v) is 7.69. The number of nitrogens with two attached hydrogens (primary N) is 1. The molecule has 0 radical (unpaired) electrons. The second-order valence-electron chi connectivity index (χ2n) is 7.69. The lowest BCUT2D eigenvalue weighted by molar-refractivity contribution is -0.136. The number of aromatic nitrogens is 1. The zero-order valence-corrected chi connectivity index (χ0v) is 17.8. The first-order valence-corrected chi connectivity index (χ1v) is 10.4. The first-order valence-electron chi connectivity index (χ1n) is 10.4. The molecule has 1 unspecified atom stereocenters. The number of esters is 1. The van der Waals surface area contributed by atoms with Gasteiger partial charge in [0.25, 0.3) is 5.56 Å². The van der Waals surface area contributed by atoms with Crippen LogP contribution in [0.5, 0.6) is 5.75 Å². The quantitative estimate of drug-likeness (QED) is 0.723. The normalized spacial score (nSPS) is 19.0. The number of ether oxygens (including phenoxy) is 3. The minimum absolute atomic E-state index is 0.0435. The van der Waals surface area contributed by atoms with Gasteiger partial charge in [0.15, 0.2) is 0 Å². The number of methoxy groups -OCH3 is 1. The highest BCUT2D eigenvalue weighted by atomic mass is 16.5. The summed E-state index contributed by atoms with van der Waals surface area (Å²) in [7, 11) is 1.29. The van der Waals surface area contributed by atoms with Crippen molar-refractivity contribution in [1.29, 1.82) is 0 Å². The van der Waals surface area contributed by atoms with Crippen LogP contribution < -0.4 is 16.0 Å². The lowest BCUT2D eigenvalue weighted by atomic mass is 9.83. The molecule has 2 aromatic rings. The maximum atomic E-state index is 13.7. The second kappa shape index (κ2) is 8.95. The van der Waals surface area contributed by atoms with Crippen molar-refractivity contribution in [3.8, 4) is 5.75 Å². The van der Waals surface area contributed by atoms with E-state index in [0.29, 0.717) is 31.1 Å². The van der Waals surface area contributed by atoms with Crippen LogP contribution in [-0.4, -0.2) is 55.4 Å². The van der Waals surface area contributed by atoms with Gasteiger partial charge in [-0.1, -0.05) is 30.3 Å². The van der Waals surface area contributed by atoms with Crippen molar-refractivity contribution >= 4 is 5.97 Å². The molecule has 8 nitrogen and oxygen atoms in total. The van der Waals surface area contributed by atoms with E-state index in [2.05, 4.69) is 4.90 Å². The number of pyridine rings is 1. The van der Waals surface area contributed by atoms with Crippen molar-refractivity contribution in [1.82, 2.24) is 9.47 Å². The molecule has 2 aliphatic rings. The smallest absolute Gasteiger partial charge is 0.340 e. The number of aryl methyl sites for hydroxylation is 1. The molecule has 1 aromatic heterocycles. The van der Waals surface area contributed by atoms with Crippen molar-refractivity contribution < 1.29 is 19.0 Å². The Morgan fingerprint density at radius 3 is 2.58 bits per heavy atom. The summed E-state index contributed by atoms with van der Waals surface area (Å²) in [6.45, 7) is 6.25. The molecule has 0 aliphatic carbocycles. The number of benzene rings is 1. The number of fused-ring (bicyclic) bond motifs is 1. The van der Waals surface area contributed by atoms with Gasteiger partial charge < -0.3 is 24.5 Å². The summed E-state index contributed by atoms with van der Waals surface area (Å²) in [6, 6.07) is 11.2. The highest BCUT2D eigenvalue weighted by molar-refractivity contribution is 5.92. The predicted octanol–water partition coefficient (Wildman–Crippen LogP) is 1.36. The maximum Gasteiger partial charge on any atom is 0.340 e. The van der Waals surface area contributed by atoms with Gasteiger partial charge in [0.2, 0.25) is 5.88 Å². The molecule has 1 fully saturated rings. The largest absolute Gasteiger partial charge is 0.465 e. The van der Waals surface area contributed by atoms with Crippen molar-refractivity contribution in [3.63, 3.8) is 0 Å². The lowest BCUT2D eigenvalue weighted by Crippen LogP contribution is -2.40. The van der Waals surface area contributed by atoms with Gasteiger partial charge in [-0.25, -0.2) is 4.79 Å². The number of rotatable bonds is 5. The van der Waals surface area contributed by atoms with Gasteiger partial charge in [0, 0.05) is 37.9 Å². The average Bonchev–Trinajstić information content (AvgIpc) is 2.78. The predicted molar refractivity (Wildman–Crippen MR) is 115 cm³/mol. The minimum atomic E-state index is -0.667. The van der Waals surface area contributed by atoms with E-state index in [4.69, 9.17) is 19.9 Å². The topological polar surface area (TPSA) is 96.0 Å². The van der Waals surface area contributed by atoms with Crippen molar-refractivity contribution in [3.05, 3.63) is 75.0 Å². The molecule has 4 rings (SSSR count). The molecule has 1 atom stereocenters. The van der Waals surface area contributed by atoms with Gasteiger partial charge in [-0.05, 0) is 12.5 Å². The highest BCUT2D eigenvalue weighted by Crippen LogP contribution is 2.41. The third-order valence-corrected chi connectivity index (χ3v) is 5.85. The average molecular weight is 425 g/mol. The summed E-state index contributed by atoms with van der Waals surface area (Å²) >= 11 is 0. The van der Waals surface area contributed by atoms with E-state index in [1.54, 1.807) is 4.57 Å². The molecule has 1 aromatic carbocycles. The molecule has 164 valence electrons. The van der Waals surface area contributed by atoms with Crippen LogP contribution in [0.4, 0.5) is 0 Å². The first kappa shape index (κ1) is 21.1. The number of morpholine rings is 1. The molecule has 2 aliphatic heterocycles. The fourth-order valence-corrected chi connectivity index (χ4v) is 4.22. The van der Waals surface area contributed by atoms with Crippen molar-refractivity contribution in [2.45, 2.75) is 19.4 Å². The van der Waals surface area contributed by atoms with Gasteiger partial charge in [-0.15, -0.1) is 0 Å². The van der Waals surface area contributed by atoms with E-state index >= 15 is 0 Å². The Kier molecular flexibility index (Phi) is 6.11. The van der Waals surface area contributed by atoms with Crippen molar-refractivity contribution in [2.75, 3.05) is 40.0 Å². The molecule has 0 amide bonds. The molecule has 31 heavy (non-hydrogen) atoms. The van der Waals surface area contributed by atoms with E-state index in [1.807, 2.05) is 43.3 Å². The molecule has 0 bridgehead atoms. The van der Waals surface area contributed by atoms with Crippen LogP contribution in [0.25, 0.3) is 0 Å². The Labute approximate surface area is 180 Å². The van der Waals surface area contributed by atoms with E-state index in [9.17, 15) is 9.59 Å². The molecule has 1 saturated heterocycles. The molecule has 8 heteroatoms. The van der Waals surface area contributed by atoms with Crippen LogP contribution >= 0.6 is 0 Å². The third-order valence-electron chi connectivity index (χ3n) is 5.85. The molecule has 0 saturated carbocycles. The molecule has 3 heterocycles. The monoisotopic (exact) mass is 425 g/mol. The van der Waals surface area contributed by atoms with Gasteiger partial charge >= 0.3 is 5.97 Å². The number of nitrogens with zero attached hydrogens (tertiary/aromatic N) is 2. The Morgan fingerprint density at radius 2 is 1.90 bits per heavy atom. The van der Waals surface area contributed by atoms with Gasteiger partial charge in [0.1, 0.15) is 11.3 Å². The van der Waals surface area contributed by atoms with Crippen LogP contribution in [0.1, 0.15) is 22.7 Å². The number of carbonyl (C=O) groups is 1. The third kappa shape index (κ3) is 4.08. The number of hydrogen-bond donors (Lipinski definition) is 1. The van der Waals surface area contributed by atoms with E-state index in [1.165, 1.54) is 7.11 Å². The van der Waals surface area contributed by atoms with Crippen LogP contribution in [0, 0.1) is 6.92 Å². The van der Waals surface area contributed by atoms with Gasteiger partial charge in [0.05, 0.1) is 31.8 Å². The summed E-state index contributed by atoms with van der Waals surface area (Å²) in [5.74, 6) is -0.945. The summed E-state index contributed by atoms with van der Waals surface area (Å²) in [5, 5.41) is 0. The zero-order chi connectivity index (χ0) is 22.0. The first-order chi connectivity index (χ1) is 15.0.